The van der Waals surface area contributed by atoms with Crippen LogP contribution >= 0.6 is 29.6 Å². The van der Waals surface area contributed by atoms with Gasteiger partial charge in [-0.2, -0.15) is 0 Å². The third kappa shape index (κ3) is 10.8. The summed E-state index contributed by atoms with van der Waals surface area (Å²) in [5.74, 6) is 1.18. The monoisotopic (exact) mass is 440 g/mol. The Bertz CT molecular complexity index is 660. The Labute approximate surface area is 177 Å². The molecule has 0 aliphatic rings. The Morgan fingerprint density at radius 3 is 1.61 bits per heavy atom. The summed E-state index contributed by atoms with van der Waals surface area (Å²) in [5.41, 5.74) is 0. The molecule has 0 fully saturated rings. The summed E-state index contributed by atoms with van der Waals surface area (Å²) < 4.78 is 0. The van der Waals surface area contributed by atoms with Gasteiger partial charge < -0.3 is 0 Å². The molecule has 156 valence electrons. The second kappa shape index (κ2) is 12.2. The molecule has 3 N–H and O–H groups in total. The zero-order valence-electron chi connectivity index (χ0n) is 16.4. The Morgan fingerprint density at radius 2 is 1.04 bits per heavy atom. The second-order valence-electron chi connectivity index (χ2n) is 7.18. The molecule has 28 heavy (non-hydrogen) atoms. The van der Waals surface area contributed by atoms with Crippen molar-refractivity contribution < 1.29 is 14.7 Å². The van der Waals surface area contributed by atoms with Gasteiger partial charge in [0.1, 0.15) is 0 Å². The van der Waals surface area contributed by atoms with Crippen LogP contribution in [0.3, 0.4) is 0 Å². The third-order valence-electron chi connectivity index (χ3n) is 4.49. The zero-order chi connectivity index (χ0) is 20.2. The van der Waals surface area contributed by atoms with E-state index in [0.717, 1.165) is 24.2 Å². The Hall–Kier alpha value is -0.550. The first-order chi connectivity index (χ1) is 13.4. The van der Waals surface area contributed by atoms with Gasteiger partial charge in [0.15, 0.2) is 0 Å². The maximum atomic E-state index is 10.2. The Balaban J connectivity index is 1.45. The van der Waals surface area contributed by atoms with Crippen LogP contribution in [0.2, 0.25) is 0 Å². The maximum absolute atomic E-state index is 10.2. The molecular weight excluding hydrogens is 407 g/mol. The van der Waals surface area contributed by atoms with E-state index in [0.29, 0.717) is 11.3 Å². The van der Waals surface area contributed by atoms with Crippen LogP contribution in [0.1, 0.15) is 51.4 Å². The molecule has 0 atom stereocenters. The fourth-order valence-electron chi connectivity index (χ4n) is 3.00. The van der Waals surface area contributed by atoms with Gasteiger partial charge in [-0.15, -0.1) is 0 Å². The first-order valence-electron chi connectivity index (χ1n) is 10.1. The van der Waals surface area contributed by atoms with Crippen LogP contribution in [0.4, 0.5) is 0 Å². The minimum atomic E-state index is -4.62. The minimum absolute atomic E-state index is 0.0713. The van der Waals surface area contributed by atoms with E-state index in [4.69, 9.17) is 0 Å². The van der Waals surface area contributed by atoms with Crippen molar-refractivity contribution in [2.45, 2.75) is 61.2 Å². The molecule has 3 nitrogen and oxygen atoms in total. The molecule has 0 spiro atoms. The van der Waals surface area contributed by atoms with Crippen LogP contribution in [0, 0.1) is 0 Å². The molecule has 0 aromatic heterocycles. The van der Waals surface area contributed by atoms with E-state index in [2.05, 4.69) is 30.3 Å². The number of rotatable bonds is 14. The van der Waals surface area contributed by atoms with Gasteiger partial charge in [0.25, 0.3) is 0 Å². The van der Waals surface area contributed by atoms with Crippen molar-refractivity contribution in [3.63, 3.8) is 0 Å². The molecule has 2 rings (SSSR count). The van der Waals surface area contributed by atoms with Gasteiger partial charge in [-0.05, 0) is 12.1 Å². The molecule has 0 aliphatic heterocycles. The normalized spacial score (nSPS) is 13.2. The number of thioether (sulfide) groups is 1. The van der Waals surface area contributed by atoms with Gasteiger partial charge in [-0.1, -0.05) is 18.2 Å². The summed E-state index contributed by atoms with van der Waals surface area (Å²) in [4.78, 5) is 32.8. The van der Waals surface area contributed by atoms with Crippen molar-refractivity contribution in [1.29, 1.82) is 0 Å². The molecule has 0 aliphatic carbocycles. The molecule has 6 heteroatoms. The average Bonchev–Trinajstić information content (AvgIpc) is 2.67. The molecule has 2 aromatic rings. The van der Waals surface area contributed by atoms with E-state index in [1.54, 1.807) is 12.1 Å². The summed E-state index contributed by atoms with van der Waals surface area (Å²) >= 11 is 2.75. The van der Waals surface area contributed by atoms with Gasteiger partial charge in [-0.3, -0.25) is 0 Å². The summed E-state index contributed by atoms with van der Waals surface area (Å²) in [6, 6.07) is 19.6. The van der Waals surface area contributed by atoms with Gasteiger partial charge in [0.05, 0.1) is 0 Å². The van der Waals surface area contributed by atoms with Crippen molar-refractivity contribution in [3.05, 3.63) is 60.7 Å². The topological polar surface area (TPSA) is 60.7 Å². The Morgan fingerprint density at radius 1 is 0.571 bits per heavy atom. The number of hydrogen-bond acceptors (Lipinski definition) is 5. The van der Waals surface area contributed by atoms with Crippen LogP contribution in [0.15, 0.2) is 70.5 Å². The fraction of sp³-hybridized carbons (Fsp3) is 0.455. The van der Waals surface area contributed by atoms with Gasteiger partial charge in [-0.25, -0.2) is 0 Å². The number of unbranched alkanes of at least 4 members (excludes halogenated alkanes) is 7. The molecule has 0 saturated carbocycles. The molecule has 0 bridgehead atoms. The molecular formula is C22H33O3PS2. The first-order valence-corrected chi connectivity index (χ1v) is 14.8. The zero-order valence-corrected chi connectivity index (χ0v) is 19.0. The molecule has 0 amide bonds. The second-order valence-corrected chi connectivity index (χ2v) is 14.4. The molecule has 0 unspecified atom stereocenters. The van der Waals surface area contributed by atoms with Gasteiger partial charge in [0, 0.05) is 0 Å². The SMILES string of the molecule is OP(O)(O)(CCCCCCCCCCSc1ccccc1)Sc1ccccc1. The van der Waals surface area contributed by atoms with E-state index in [-0.39, 0.29) is 6.16 Å². The molecule has 0 heterocycles. The first kappa shape index (κ1) is 23.7. The predicted molar refractivity (Wildman–Crippen MR) is 125 cm³/mol. The van der Waals surface area contributed by atoms with Crippen molar-refractivity contribution in [2.24, 2.45) is 0 Å². The number of benzene rings is 2. The summed E-state index contributed by atoms with van der Waals surface area (Å²) in [7, 11) is 0. The van der Waals surface area contributed by atoms with Crippen molar-refractivity contribution in [3.8, 4) is 0 Å². The standard InChI is InChI=1S/C22H33O3PS2/c23-26(24,25,28-22-17-11-8-12-18-22)19-13-5-3-1-2-4-6-14-20-27-21-15-9-7-10-16-21/h7-12,15-18,23-25H,1-6,13-14,19-20H2. The summed E-state index contributed by atoms with van der Waals surface area (Å²) in [6.07, 6.45) is 8.93. The van der Waals surface area contributed by atoms with E-state index in [9.17, 15) is 14.7 Å². The van der Waals surface area contributed by atoms with E-state index < -0.39 is 6.49 Å². The van der Waals surface area contributed by atoms with Gasteiger partial charge >= 0.3 is 148 Å². The van der Waals surface area contributed by atoms with Gasteiger partial charge in [0.2, 0.25) is 0 Å². The molecule has 0 radical (unpaired) electrons. The predicted octanol–water partition coefficient (Wildman–Crippen LogP) is 6.88. The van der Waals surface area contributed by atoms with Crippen molar-refractivity contribution in [2.75, 3.05) is 11.9 Å². The molecule has 2 aromatic carbocycles. The van der Waals surface area contributed by atoms with Crippen LogP contribution in [0.5, 0.6) is 0 Å². The molecule has 0 saturated heterocycles. The van der Waals surface area contributed by atoms with Crippen LogP contribution in [0.25, 0.3) is 0 Å². The van der Waals surface area contributed by atoms with Crippen LogP contribution in [-0.4, -0.2) is 26.6 Å². The van der Waals surface area contributed by atoms with E-state index >= 15 is 0 Å². The Kier molecular flexibility index (Phi) is 10.4. The van der Waals surface area contributed by atoms with E-state index in [1.165, 1.54) is 42.8 Å². The average molecular weight is 441 g/mol. The van der Waals surface area contributed by atoms with Crippen LogP contribution in [-0.2, 0) is 0 Å². The van der Waals surface area contributed by atoms with E-state index in [1.807, 2.05) is 30.0 Å². The summed E-state index contributed by atoms with van der Waals surface area (Å²) in [5, 5.41) is 0. The summed E-state index contributed by atoms with van der Waals surface area (Å²) in [6.45, 7) is -4.62. The van der Waals surface area contributed by atoms with Crippen LogP contribution < -0.4 is 0 Å². The van der Waals surface area contributed by atoms with Crippen molar-refractivity contribution >= 4 is 29.6 Å². The van der Waals surface area contributed by atoms with Crippen molar-refractivity contribution in [1.82, 2.24) is 0 Å². The fourth-order valence-corrected chi connectivity index (χ4v) is 7.84. The number of hydrogen-bond donors (Lipinski definition) is 3. The quantitative estimate of drug-likeness (QED) is 0.170. The third-order valence-corrected chi connectivity index (χ3v) is 9.85.